The van der Waals surface area contributed by atoms with Crippen LogP contribution in [0.5, 0.6) is 5.75 Å². The molecule has 0 saturated carbocycles. The first-order chi connectivity index (χ1) is 14.1. The van der Waals surface area contributed by atoms with Gasteiger partial charge in [-0.1, -0.05) is 36.4 Å². The minimum atomic E-state index is -3.54. The highest BCUT2D eigenvalue weighted by Crippen LogP contribution is 2.30. The number of carboxylic acid groups (broad SMARTS) is 1. The fourth-order valence-corrected chi connectivity index (χ4v) is 5.24. The van der Waals surface area contributed by atoms with Gasteiger partial charge in [-0.05, 0) is 36.1 Å². The fourth-order valence-electron chi connectivity index (χ4n) is 3.81. The van der Waals surface area contributed by atoms with E-state index >= 15 is 0 Å². The summed E-state index contributed by atoms with van der Waals surface area (Å²) < 4.78 is 31.4. The van der Waals surface area contributed by atoms with Crippen LogP contribution in [0.2, 0.25) is 0 Å². The van der Waals surface area contributed by atoms with Crippen molar-refractivity contribution >= 4 is 21.8 Å². The van der Waals surface area contributed by atoms with Crippen molar-refractivity contribution < 1.29 is 23.1 Å². The number of aliphatic carboxylic acids is 1. The lowest BCUT2D eigenvalue weighted by molar-refractivity contribution is -0.137. The predicted molar refractivity (Wildman–Crippen MR) is 114 cm³/mol. The molecule has 0 amide bonds. The molecule has 2 aromatic carbocycles. The molecule has 0 bridgehead atoms. The summed E-state index contributed by atoms with van der Waals surface area (Å²) in [5.41, 5.74) is 8.08. The van der Waals surface area contributed by atoms with Crippen molar-refractivity contribution in [3.8, 4) is 16.9 Å². The monoisotopic (exact) mass is 431 g/mol. The standard InChI is InChI=1S/C21H25N3O5S/c1-30(27,28)24-17(12-20(25)26)8-9-18(24)13-29-19-10-6-15(7-11-19)14-2-4-16(5-3-14)21(22)23/h2-7,10-11,17-18H,8-9,12-13H2,1H3,(H3,22,23)(H,25,26)/t17-,18-/m0/s1. The number of nitrogens with one attached hydrogen (secondary N) is 1. The van der Waals surface area contributed by atoms with Crippen LogP contribution in [-0.4, -0.2) is 54.6 Å². The van der Waals surface area contributed by atoms with Gasteiger partial charge in [-0.2, -0.15) is 4.31 Å². The number of amidine groups is 1. The number of rotatable bonds is 8. The number of nitrogens with two attached hydrogens (primary N) is 1. The van der Waals surface area contributed by atoms with Crippen molar-refractivity contribution in [3.05, 3.63) is 54.1 Å². The topological polar surface area (TPSA) is 134 Å². The Bertz CT molecular complexity index is 1020. The van der Waals surface area contributed by atoms with Crippen LogP contribution in [0.3, 0.4) is 0 Å². The lowest BCUT2D eigenvalue weighted by Gasteiger charge is -2.27. The zero-order valence-corrected chi connectivity index (χ0v) is 17.4. The molecule has 9 heteroatoms. The molecular formula is C21H25N3O5S. The van der Waals surface area contributed by atoms with Crippen LogP contribution in [0.15, 0.2) is 48.5 Å². The number of hydrogen-bond donors (Lipinski definition) is 3. The molecule has 0 aliphatic carbocycles. The summed E-state index contributed by atoms with van der Waals surface area (Å²) in [5.74, 6) is -0.387. The molecule has 4 N–H and O–H groups in total. The Morgan fingerprint density at radius 2 is 1.63 bits per heavy atom. The second-order valence-electron chi connectivity index (χ2n) is 7.40. The second-order valence-corrected chi connectivity index (χ2v) is 9.29. The minimum Gasteiger partial charge on any atom is -0.492 e. The van der Waals surface area contributed by atoms with Gasteiger partial charge in [0, 0.05) is 11.6 Å². The molecule has 0 aromatic heterocycles. The van der Waals surface area contributed by atoms with Crippen LogP contribution in [0.1, 0.15) is 24.8 Å². The summed E-state index contributed by atoms with van der Waals surface area (Å²) in [6, 6.07) is 13.8. The zero-order valence-electron chi connectivity index (χ0n) is 16.6. The van der Waals surface area contributed by atoms with Crippen LogP contribution < -0.4 is 10.5 Å². The number of nitrogen functional groups attached to an aromatic ring is 1. The molecule has 1 aliphatic heterocycles. The molecule has 30 heavy (non-hydrogen) atoms. The number of benzene rings is 2. The van der Waals surface area contributed by atoms with Gasteiger partial charge in [0.15, 0.2) is 0 Å². The number of ether oxygens (including phenoxy) is 1. The lowest BCUT2D eigenvalue weighted by Crippen LogP contribution is -2.43. The Labute approximate surface area is 175 Å². The maximum Gasteiger partial charge on any atom is 0.304 e. The molecule has 0 unspecified atom stereocenters. The van der Waals surface area contributed by atoms with Gasteiger partial charge in [-0.15, -0.1) is 0 Å². The number of hydrogen-bond acceptors (Lipinski definition) is 5. The number of carboxylic acids is 1. The van der Waals surface area contributed by atoms with Crippen molar-refractivity contribution in [2.24, 2.45) is 5.73 Å². The molecule has 0 radical (unpaired) electrons. The van der Waals surface area contributed by atoms with Crippen LogP contribution in [0.25, 0.3) is 11.1 Å². The summed E-state index contributed by atoms with van der Waals surface area (Å²) in [7, 11) is -3.54. The Morgan fingerprint density at radius 3 is 2.13 bits per heavy atom. The van der Waals surface area contributed by atoms with E-state index in [1.165, 1.54) is 4.31 Å². The molecule has 8 nitrogen and oxygen atoms in total. The third-order valence-electron chi connectivity index (χ3n) is 5.17. The highest BCUT2D eigenvalue weighted by Gasteiger charge is 2.40. The fraction of sp³-hybridized carbons (Fsp3) is 0.333. The largest absolute Gasteiger partial charge is 0.492 e. The highest BCUT2D eigenvalue weighted by atomic mass is 32.2. The molecule has 160 valence electrons. The molecule has 2 aromatic rings. The van der Waals surface area contributed by atoms with E-state index < -0.39 is 22.0 Å². The smallest absolute Gasteiger partial charge is 0.304 e. The molecule has 3 rings (SSSR count). The van der Waals surface area contributed by atoms with E-state index in [-0.39, 0.29) is 24.9 Å². The third kappa shape index (κ3) is 5.17. The zero-order chi connectivity index (χ0) is 21.9. The molecule has 0 spiro atoms. The average Bonchev–Trinajstić information content (AvgIpc) is 3.09. The summed E-state index contributed by atoms with van der Waals surface area (Å²) in [6.45, 7) is 0.163. The van der Waals surface area contributed by atoms with E-state index in [4.69, 9.17) is 21.0 Å². The van der Waals surface area contributed by atoms with Crippen molar-refractivity contribution in [1.29, 1.82) is 5.41 Å². The Kier molecular flexibility index (Phi) is 6.42. The minimum absolute atomic E-state index is 0.0194. The molecule has 1 heterocycles. The maximum atomic E-state index is 12.2. The van der Waals surface area contributed by atoms with E-state index in [1.807, 2.05) is 36.4 Å². The van der Waals surface area contributed by atoms with Gasteiger partial charge < -0.3 is 15.6 Å². The molecule has 1 fully saturated rings. The first-order valence-electron chi connectivity index (χ1n) is 9.53. The van der Waals surface area contributed by atoms with Crippen molar-refractivity contribution in [2.45, 2.75) is 31.3 Å². The normalized spacial score (nSPS) is 19.5. The first-order valence-corrected chi connectivity index (χ1v) is 11.4. The maximum absolute atomic E-state index is 12.2. The predicted octanol–water partition coefficient (Wildman–Crippen LogP) is 2.28. The van der Waals surface area contributed by atoms with Crippen molar-refractivity contribution in [1.82, 2.24) is 4.31 Å². The highest BCUT2D eigenvalue weighted by molar-refractivity contribution is 7.88. The van der Waals surface area contributed by atoms with Crippen LogP contribution in [0.4, 0.5) is 0 Å². The van der Waals surface area contributed by atoms with Crippen molar-refractivity contribution in [3.63, 3.8) is 0 Å². The summed E-state index contributed by atoms with van der Waals surface area (Å²) in [6.07, 6.45) is 1.96. The quantitative estimate of drug-likeness (QED) is 0.434. The van der Waals surface area contributed by atoms with Gasteiger partial charge in [-0.25, -0.2) is 8.42 Å². The molecule has 1 saturated heterocycles. The number of carbonyl (C=O) groups is 1. The van der Waals surface area contributed by atoms with Gasteiger partial charge in [0.2, 0.25) is 10.0 Å². The van der Waals surface area contributed by atoms with Gasteiger partial charge in [0.05, 0.1) is 18.7 Å². The number of nitrogens with zero attached hydrogens (tertiary/aromatic N) is 1. The molecule has 2 atom stereocenters. The Balaban J connectivity index is 1.65. The van der Waals surface area contributed by atoms with Gasteiger partial charge in [0.1, 0.15) is 18.2 Å². The summed E-state index contributed by atoms with van der Waals surface area (Å²) >= 11 is 0. The van der Waals surface area contributed by atoms with Gasteiger partial charge in [-0.3, -0.25) is 10.2 Å². The SMILES string of the molecule is CS(=O)(=O)N1[C@H](COc2ccc(-c3ccc(C(=N)N)cc3)cc2)CC[C@H]1CC(=O)O. The lowest BCUT2D eigenvalue weighted by atomic mass is 10.0. The van der Waals surface area contributed by atoms with Crippen LogP contribution in [0, 0.1) is 5.41 Å². The molecular weight excluding hydrogens is 406 g/mol. The second kappa shape index (κ2) is 8.85. The van der Waals surface area contributed by atoms with Crippen molar-refractivity contribution in [2.75, 3.05) is 12.9 Å². The third-order valence-corrected chi connectivity index (χ3v) is 6.53. The Morgan fingerprint density at radius 1 is 1.10 bits per heavy atom. The molecule has 1 aliphatic rings. The average molecular weight is 432 g/mol. The van der Waals surface area contributed by atoms with Crippen LogP contribution >= 0.6 is 0 Å². The van der Waals surface area contributed by atoms with E-state index in [2.05, 4.69) is 0 Å². The van der Waals surface area contributed by atoms with Gasteiger partial charge >= 0.3 is 5.97 Å². The van der Waals surface area contributed by atoms with E-state index in [1.54, 1.807) is 12.1 Å². The van der Waals surface area contributed by atoms with Crippen LogP contribution in [-0.2, 0) is 14.8 Å². The summed E-state index contributed by atoms with van der Waals surface area (Å²) in [4.78, 5) is 11.0. The van der Waals surface area contributed by atoms with E-state index in [0.717, 1.165) is 17.4 Å². The first kappa shape index (κ1) is 21.8. The summed E-state index contributed by atoms with van der Waals surface area (Å²) in [5, 5.41) is 16.5. The Hall–Kier alpha value is -2.91. The van der Waals surface area contributed by atoms with E-state index in [0.29, 0.717) is 24.2 Å². The van der Waals surface area contributed by atoms with E-state index in [9.17, 15) is 13.2 Å². The van der Waals surface area contributed by atoms with Gasteiger partial charge in [0.25, 0.3) is 0 Å². The number of sulfonamides is 1.